The van der Waals surface area contributed by atoms with Crippen LogP contribution in [0.4, 0.5) is 32.2 Å². The van der Waals surface area contributed by atoms with Crippen LogP contribution < -0.4 is 10.2 Å². The SMILES string of the molecule is O=C(NCc1cccc(C(F)(F)F)c1)C1CC=CN1c1ncc(C(F)(F)F)cc1Cl. The minimum absolute atomic E-state index is 0.0300. The lowest BCUT2D eigenvalue weighted by molar-refractivity contribution is -0.138. The largest absolute Gasteiger partial charge is 0.417 e. The number of hydrogen-bond acceptors (Lipinski definition) is 3. The van der Waals surface area contributed by atoms with Gasteiger partial charge in [-0.25, -0.2) is 4.98 Å². The van der Waals surface area contributed by atoms with Gasteiger partial charge in [-0.3, -0.25) is 4.79 Å². The van der Waals surface area contributed by atoms with Crippen molar-refractivity contribution in [3.05, 3.63) is 70.5 Å². The van der Waals surface area contributed by atoms with Crippen molar-refractivity contribution in [3.8, 4) is 0 Å². The molecule has 0 fully saturated rings. The third-order valence-electron chi connectivity index (χ3n) is 4.38. The molecule has 1 aliphatic heterocycles. The first-order valence-electron chi connectivity index (χ1n) is 8.58. The Kier molecular flexibility index (Phi) is 5.98. The van der Waals surface area contributed by atoms with Gasteiger partial charge in [-0.1, -0.05) is 29.8 Å². The fraction of sp³-hybridized carbons (Fsp3) is 0.263. The average Bonchev–Trinajstić information content (AvgIpc) is 3.14. The number of rotatable bonds is 4. The van der Waals surface area contributed by atoms with Gasteiger partial charge in [-0.15, -0.1) is 0 Å². The highest BCUT2D eigenvalue weighted by atomic mass is 35.5. The summed E-state index contributed by atoms with van der Waals surface area (Å²) in [7, 11) is 0. The Hall–Kier alpha value is -2.75. The van der Waals surface area contributed by atoms with E-state index in [0.29, 0.717) is 12.3 Å². The van der Waals surface area contributed by atoms with Crippen LogP contribution in [0.5, 0.6) is 0 Å². The minimum Gasteiger partial charge on any atom is -0.350 e. The van der Waals surface area contributed by atoms with Crippen molar-refractivity contribution < 1.29 is 31.1 Å². The number of halogens is 7. The Balaban J connectivity index is 1.71. The predicted molar refractivity (Wildman–Crippen MR) is 97.6 cm³/mol. The number of nitrogens with zero attached hydrogens (tertiary/aromatic N) is 2. The van der Waals surface area contributed by atoms with Crippen LogP contribution in [0.15, 0.2) is 48.8 Å². The van der Waals surface area contributed by atoms with Crippen LogP contribution in [-0.2, 0) is 23.7 Å². The summed E-state index contributed by atoms with van der Waals surface area (Å²) < 4.78 is 76.8. The summed E-state index contributed by atoms with van der Waals surface area (Å²) in [5, 5.41) is 2.25. The number of nitrogens with one attached hydrogen (secondary N) is 1. The van der Waals surface area contributed by atoms with Gasteiger partial charge in [0.1, 0.15) is 6.04 Å². The van der Waals surface area contributed by atoms with E-state index in [4.69, 9.17) is 11.6 Å². The highest BCUT2D eigenvalue weighted by Crippen LogP contribution is 2.35. The van der Waals surface area contributed by atoms with Crippen molar-refractivity contribution in [1.29, 1.82) is 0 Å². The van der Waals surface area contributed by atoms with Gasteiger partial charge in [0.2, 0.25) is 5.91 Å². The Labute approximate surface area is 172 Å². The van der Waals surface area contributed by atoms with Gasteiger partial charge >= 0.3 is 12.4 Å². The molecule has 1 atom stereocenters. The maximum atomic E-state index is 12.8. The molecule has 3 rings (SSSR count). The van der Waals surface area contributed by atoms with Crippen LogP contribution >= 0.6 is 11.6 Å². The summed E-state index contributed by atoms with van der Waals surface area (Å²) in [6.45, 7) is -0.152. The van der Waals surface area contributed by atoms with E-state index in [1.165, 1.54) is 23.2 Å². The standard InChI is InChI=1S/C19H14ClF6N3O/c20-14-8-13(19(24,25)26)10-27-16(14)29-6-2-5-15(29)17(30)28-9-11-3-1-4-12(7-11)18(21,22)23/h1-4,6-8,10,15H,5,9H2,(H,28,30). The van der Waals surface area contributed by atoms with Gasteiger partial charge in [-0.2, -0.15) is 26.3 Å². The van der Waals surface area contributed by atoms with E-state index in [2.05, 4.69) is 10.3 Å². The molecule has 1 aromatic carbocycles. The number of pyridine rings is 1. The fourth-order valence-corrected chi connectivity index (χ4v) is 3.18. The molecule has 11 heteroatoms. The number of anilines is 1. The molecule has 1 N–H and O–H groups in total. The molecule has 160 valence electrons. The molecule has 1 amide bonds. The van der Waals surface area contributed by atoms with E-state index in [1.807, 2.05) is 0 Å². The van der Waals surface area contributed by atoms with E-state index in [9.17, 15) is 31.1 Å². The number of carbonyl (C=O) groups excluding carboxylic acids is 1. The third-order valence-corrected chi connectivity index (χ3v) is 4.66. The molecule has 0 spiro atoms. The number of amides is 1. The van der Waals surface area contributed by atoms with Gasteiger partial charge in [0, 0.05) is 18.9 Å². The number of aromatic nitrogens is 1. The molecule has 1 aliphatic rings. The maximum Gasteiger partial charge on any atom is 0.417 e. The van der Waals surface area contributed by atoms with Crippen molar-refractivity contribution in [1.82, 2.24) is 10.3 Å². The van der Waals surface area contributed by atoms with Gasteiger partial charge in [-0.05, 0) is 30.2 Å². The molecule has 0 bridgehead atoms. The second-order valence-corrected chi connectivity index (χ2v) is 6.89. The summed E-state index contributed by atoms with van der Waals surface area (Å²) >= 11 is 5.94. The summed E-state index contributed by atoms with van der Waals surface area (Å²) in [6.07, 6.45) is -5.19. The van der Waals surface area contributed by atoms with Crippen LogP contribution in [0.3, 0.4) is 0 Å². The zero-order valence-electron chi connectivity index (χ0n) is 15.1. The Morgan fingerprint density at radius 2 is 1.83 bits per heavy atom. The average molecular weight is 450 g/mol. The van der Waals surface area contributed by atoms with Crippen molar-refractivity contribution >= 4 is 23.3 Å². The van der Waals surface area contributed by atoms with E-state index >= 15 is 0 Å². The second kappa shape index (κ2) is 8.17. The Bertz CT molecular complexity index is 973. The lowest BCUT2D eigenvalue weighted by Crippen LogP contribution is -2.42. The summed E-state index contributed by atoms with van der Waals surface area (Å²) in [4.78, 5) is 17.6. The molecular weight excluding hydrogens is 436 g/mol. The number of alkyl halides is 6. The van der Waals surface area contributed by atoms with Gasteiger partial charge < -0.3 is 10.2 Å². The van der Waals surface area contributed by atoms with Crippen LogP contribution in [0.1, 0.15) is 23.1 Å². The lowest BCUT2D eigenvalue weighted by Gasteiger charge is -2.25. The molecule has 0 aliphatic carbocycles. The van der Waals surface area contributed by atoms with Gasteiger partial charge in [0.15, 0.2) is 5.82 Å². The first-order chi connectivity index (χ1) is 14.0. The highest BCUT2D eigenvalue weighted by Gasteiger charge is 2.34. The molecule has 1 unspecified atom stereocenters. The third kappa shape index (κ3) is 4.86. The fourth-order valence-electron chi connectivity index (χ4n) is 2.91. The monoisotopic (exact) mass is 449 g/mol. The lowest BCUT2D eigenvalue weighted by atomic mass is 10.1. The summed E-state index contributed by atoms with van der Waals surface area (Å²) in [5.74, 6) is -0.562. The zero-order valence-corrected chi connectivity index (χ0v) is 15.8. The van der Waals surface area contributed by atoms with Crippen molar-refractivity contribution in [3.63, 3.8) is 0 Å². The van der Waals surface area contributed by atoms with Gasteiger partial charge in [0.05, 0.1) is 16.1 Å². The molecule has 2 aromatic rings. The van der Waals surface area contributed by atoms with E-state index < -0.39 is 35.4 Å². The molecule has 0 saturated heterocycles. The molecule has 0 saturated carbocycles. The Morgan fingerprint density at radius 1 is 1.13 bits per heavy atom. The predicted octanol–water partition coefficient (Wildman–Crippen LogP) is 5.18. The topological polar surface area (TPSA) is 45.2 Å². The minimum atomic E-state index is -4.61. The molecular formula is C19H14ClF6N3O. The van der Waals surface area contributed by atoms with Crippen LogP contribution in [-0.4, -0.2) is 16.9 Å². The van der Waals surface area contributed by atoms with Crippen LogP contribution in [0, 0.1) is 0 Å². The van der Waals surface area contributed by atoms with E-state index in [0.717, 1.165) is 12.1 Å². The first kappa shape index (κ1) is 21.9. The molecule has 1 aromatic heterocycles. The van der Waals surface area contributed by atoms with Crippen molar-refractivity contribution in [2.75, 3.05) is 4.90 Å². The van der Waals surface area contributed by atoms with Crippen molar-refractivity contribution in [2.45, 2.75) is 31.4 Å². The Morgan fingerprint density at radius 3 is 2.47 bits per heavy atom. The number of hydrogen-bond donors (Lipinski definition) is 1. The summed E-state index contributed by atoms with van der Waals surface area (Å²) in [6, 6.07) is 4.39. The maximum absolute atomic E-state index is 12.8. The highest BCUT2D eigenvalue weighted by molar-refractivity contribution is 6.33. The van der Waals surface area contributed by atoms with Crippen LogP contribution in [0.25, 0.3) is 0 Å². The molecule has 4 nitrogen and oxygen atoms in total. The number of carbonyl (C=O) groups is 1. The molecule has 30 heavy (non-hydrogen) atoms. The van der Waals surface area contributed by atoms with E-state index in [1.54, 1.807) is 6.08 Å². The smallest absolute Gasteiger partial charge is 0.350 e. The molecule has 0 radical (unpaired) electrons. The first-order valence-corrected chi connectivity index (χ1v) is 8.96. The molecule has 2 heterocycles. The normalized spacial score (nSPS) is 16.8. The van der Waals surface area contributed by atoms with Gasteiger partial charge in [0.25, 0.3) is 0 Å². The number of benzene rings is 1. The quantitative estimate of drug-likeness (QED) is 0.654. The zero-order chi connectivity index (χ0) is 22.1. The summed E-state index contributed by atoms with van der Waals surface area (Å²) in [5.41, 5.74) is -1.61. The second-order valence-electron chi connectivity index (χ2n) is 6.49. The van der Waals surface area contributed by atoms with Crippen molar-refractivity contribution in [2.24, 2.45) is 0 Å². The van der Waals surface area contributed by atoms with Crippen LogP contribution in [0.2, 0.25) is 5.02 Å². The van der Waals surface area contributed by atoms with E-state index in [-0.39, 0.29) is 29.4 Å².